The van der Waals surface area contributed by atoms with E-state index in [1.165, 1.54) is 23.9 Å². The Kier molecular flexibility index (Phi) is 6.48. The van der Waals surface area contributed by atoms with Crippen LogP contribution < -0.4 is 9.50 Å². The molecule has 0 aromatic heterocycles. The number of benzene rings is 3. The zero-order valence-corrected chi connectivity index (χ0v) is 19.3. The molecule has 3 aromatic carbocycles. The van der Waals surface area contributed by atoms with Crippen molar-refractivity contribution in [1.82, 2.24) is 5.32 Å². The molecular formula is C23H17N3O6S2. The van der Waals surface area contributed by atoms with Gasteiger partial charge in [0.1, 0.15) is 10.6 Å². The molecule has 9 nitrogen and oxygen atoms in total. The number of nitrogens with one attached hydrogen (secondary N) is 1. The van der Waals surface area contributed by atoms with Crippen LogP contribution in [0.5, 0.6) is 5.75 Å². The van der Waals surface area contributed by atoms with Gasteiger partial charge in [-0.1, -0.05) is 29.8 Å². The molecule has 1 aliphatic rings. The number of aliphatic imine (C=N–C) groups is 1. The van der Waals surface area contributed by atoms with Crippen molar-refractivity contribution in [3.63, 3.8) is 0 Å². The van der Waals surface area contributed by atoms with Crippen LogP contribution in [0.3, 0.4) is 0 Å². The molecule has 34 heavy (non-hydrogen) atoms. The first-order chi connectivity index (χ1) is 16.2. The molecular weight excluding hydrogens is 478 g/mol. The summed E-state index contributed by atoms with van der Waals surface area (Å²) in [6.07, 6.45) is 1.60. The number of carbonyl (C=O) groups is 1. The van der Waals surface area contributed by atoms with Gasteiger partial charge < -0.3 is 9.50 Å². The van der Waals surface area contributed by atoms with E-state index in [-0.39, 0.29) is 22.2 Å². The van der Waals surface area contributed by atoms with E-state index in [1.54, 1.807) is 18.2 Å². The van der Waals surface area contributed by atoms with Crippen molar-refractivity contribution >= 4 is 50.4 Å². The Morgan fingerprint density at radius 2 is 1.76 bits per heavy atom. The van der Waals surface area contributed by atoms with Crippen molar-refractivity contribution in [3.8, 4) is 5.75 Å². The smallest absolute Gasteiger partial charge is 0.339 e. The maximum Gasteiger partial charge on any atom is 0.339 e. The lowest BCUT2D eigenvalue weighted by Crippen LogP contribution is -2.19. The number of carbonyl (C=O) groups excluding carboxylic acids is 1. The highest BCUT2D eigenvalue weighted by Gasteiger charge is 2.24. The second-order valence-electron chi connectivity index (χ2n) is 7.18. The summed E-state index contributed by atoms with van der Waals surface area (Å²) in [5.41, 5.74) is 2.13. The van der Waals surface area contributed by atoms with Crippen LogP contribution in [-0.2, 0) is 14.9 Å². The maximum absolute atomic E-state index is 12.5. The summed E-state index contributed by atoms with van der Waals surface area (Å²) in [6, 6.07) is 18.1. The molecule has 1 amide bonds. The maximum atomic E-state index is 12.5. The van der Waals surface area contributed by atoms with Gasteiger partial charge in [-0.2, -0.15) is 8.42 Å². The second kappa shape index (κ2) is 9.49. The van der Waals surface area contributed by atoms with Gasteiger partial charge in [-0.15, -0.1) is 0 Å². The Bertz CT molecular complexity index is 1430. The molecule has 1 N–H and O–H groups in total. The summed E-state index contributed by atoms with van der Waals surface area (Å²) in [4.78, 5) is 27.1. The molecule has 3 aromatic rings. The zero-order chi connectivity index (χ0) is 24.3. The van der Waals surface area contributed by atoms with Gasteiger partial charge in [-0.05, 0) is 66.7 Å². The van der Waals surface area contributed by atoms with E-state index in [0.717, 1.165) is 29.8 Å². The van der Waals surface area contributed by atoms with Gasteiger partial charge in [-0.25, -0.2) is 4.99 Å². The topological polar surface area (TPSA) is 128 Å². The Balaban J connectivity index is 1.51. The Morgan fingerprint density at radius 1 is 1.06 bits per heavy atom. The number of nitro groups is 1. The zero-order valence-electron chi connectivity index (χ0n) is 17.7. The molecule has 0 unspecified atom stereocenters. The summed E-state index contributed by atoms with van der Waals surface area (Å²) < 4.78 is 30.2. The number of rotatable bonds is 6. The second-order valence-corrected chi connectivity index (χ2v) is 9.76. The Morgan fingerprint density at radius 3 is 2.44 bits per heavy atom. The van der Waals surface area contributed by atoms with E-state index in [9.17, 15) is 23.3 Å². The summed E-state index contributed by atoms with van der Waals surface area (Å²) >= 11 is 1.17. The molecule has 4 rings (SSSR count). The third-order valence-electron chi connectivity index (χ3n) is 4.61. The normalized spacial score (nSPS) is 16.0. The lowest BCUT2D eigenvalue weighted by Gasteiger charge is -2.07. The van der Waals surface area contributed by atoms with Crippen LogP contribution in [0.1, 0.15) is 11.1 Å². The predicted octanol–water partition coefficient (Wildman–Crippen LogP) is 4.56. The van der Waals surface area contributed by atoms with Gasteiger partial charge in [0, 0.05) is 12.1 Å². The molecule has 1 fully saturated rings. The quantitative estimate of drug-likeness (QED) is 0.230. The van der Waals surface area contributed by atoms with Crippen molar-refractivity contribution < 1.29 is 22.3 Å². The van der Waals surface area contributed by atoms with Crippen LogP contribution in [0.2, 0.25) is 0 Å². The van der Waals surface area contributed by atoms with E-state index < -0.39 is 15.0 Å². The highest BCUT2D eigenvalue weighted by atomic mass is 32.2. The van der Waals surface area contributed by atoms with Crippen LogP contribution >= 0.6 is 11.8 Å². The first-order valence-electron chi connectivity index (χ1n) is 9.85. The molecule has 0 saturated carbocycles. The number of nitrogens with zero attached hydrogens (tertiary/aromatic N) is 2. The number of nitro benzene ring substituents is 1. The number of aryl methyl sites for hydroxylation is 1. The summed E-state index contributed by atoms with van der Waals surface area (Å²) in [5, 5.41) is 13.9. The molecule has 0 aliphatic carbocycles. The van der Waals surface area contributed by atoms with Crippen molar-refractivity contribution in [3.05, 3.63) is 98.9 Å². The standard InChI is InChI=1S/C23H17N3O6S2/c1-15-5-7-17(8-6-15)24-23-25-22(27)21(33-23)14-16-3-2-4-19(13-16)32-34(30,31)20-11-9-18(10-12-20)26(28)29/h2-14H,1H3,(H,24,25,27)/b21-14-. The SMILES string of the molecule is Cc1ccc(N=C2NC(=O)/C(=C/c3cccc(OS(=O)(=O)c4ccc([N+](=O)[O-])cc4)c3)S2)cc1. The molecule has 11 heteroatoms. The number of hydrogen-bond acceptors (Lipinski definition) is 8. The molecule has 0 bridgehead atoms. The first-order valence-corrected chi connectivity index (χ1v) is 12.1. The molecule has 172 valence electrons. The highest BCUT2D eigenvalue weighted by molar-refractivity contribution is 8.18. The van der Waals surface area contributed by atoms with Crippen LogP contribution in [0.25, 0.3) is 6.08 Å². The number of amidine groups is 1. The fourth-order valence-electron chi connectivity index (χ4n) is 2.93. The Hall–Kier alpha value is -3.96. The molecule has 0 atom stereocenters. The van der Waals surface area contributed by atoms with Crippen LogP contribution in [0.4, 0.5) is 11.4 Å². The van der Waals surface area contributed by atoms with Crippen molar-refractivity contribution in [2.75, 3.05) is 0 Å². The monoisotopic (exact) mass is 495 g/mol. The van der Waals surface area contributed by atoms with E-state index in [4.69, 9.17) is 4.18 Å². The van der Waals surface area contributed by atoms with Gasteiger partial charge in [-0.3, -0.25) is 14.9 Å². The van der Waals surface area contributed by atoms with Crippen LogP contribution in [-0.4, -0.2) is 24.4 Å². The number of amides is 1. The first kappa shape index (κ1) is 23.2. The summed E-state index contributed by atoms with van der Waals surface area (Å²) in [6.45, 7) is 1.97. The molecule has 1 aliphatic heterocycles. The minimum Gasteiger partial charge on any atom is -0.379 e. The average Bonchev–Trinajstić information content (AvgIpc) is 3.13. The van der Waals surface area contributed by atoms with Gasteiger partial charge in [0.15, 0.2) is 5.17 Å². The molecule has 0 spiro atoms. The highest BCUT2D eigenvalue weighted by Crippen LogP contribution is 2.29. The average molecular weight is 496 g/mol. The molecule has 1 heterocycles. The van der Waals surface area contributed by atoms with Gasteiger partial charge in [0.25, 0.3) is 11.6 Å². The third kappa shape index (κ3) is 5.50. The molecule has 0 radical (unpaired) electrons. The van der Waals surface area contributed by atoms with Crippen molar-refractivity contribution in [1.29, 1.82) is 0 Å². The van der Waals surface area contributed by atoms with Gasteiger partial charge in [0.2, 0.25) is 0 Å². The van der Waals surface area contributed by atoms with Gasteiger partial charge in [0.05, 0.1) is 15.5 Å². The van der Waals surface area contributed by atoms with Crippen LogP contribution in [0.15, 0.2) is 87.6 Å². The minimum absolute atomic E-state index is 0.0321. The number of thioether (sulfide) groups is 1. The lowest BCUT2D eigenvalue weighted by atomic mass is 10.2. The van der Waals surface area contributed by atoms with E-state index in [0.29, 0.717) is 21.3 Å². The number of hydrogen-bond donors (Lipinski definition) is 1. The van der Waals surface area contributed by atoms with Crippen molar-refractivity contribution in [2.45, 2.75) is 11.8 Å². The van der Waals surface area contributed by atoms with Crippen molar-refractivity contribution in [2.24, 2.45) is 4.99 Å². The number of non-ortho nitro benzene ring substituents is 1. The van der Waals surface area contributed by atoms with Crippen LogP contribution in [0, 0.1) is 17.0 Å². The minimum atomic E-state index is -4.20. The third-order valence-corrected chi connectivity index (χ3v) is 6.78. The largest absolute Gasteiger partial charge is 0.379 e. The Labute approximate surface area is 199 Å². The predicted molar refractivity (Wildman–Crippen MR) is 129 cm³/mol. The van der Waals surface area contributed by atoms with E-state index in [1.807, 2.05) is 31.2 Å². The summed E-state index contributed by atoms with van der Waals surface area (Å²) in [7, 11) is -4.20. The fourth-order valence-corrected chi connectivity index (χ4v) is 4.70. The van der Waals surface area contributed by atoms with Gasteiger partial charge >= 0.3 is 10.1 Å². The fraction of sp³-hybridized carbons (Fsp3) is 0.0435. The summed E-state index contributed by atoms with van der Waals surface area (Å²) in [5.74, 6) is -0.287. The lowest BCUT2D eigenvalue weighted by molar-refractivity contribution is -0.384. The van der Waals surface area contributed by atoms with E-state index in [2.05, 4.69) is 10.3 Å². The van der Waals surface area contributed by atoms with E-state index >= 15 is 0 Å². The molecule has 1 saturated heterocycles.